The second-order valence-electron chi connectivity index (χ2n) is 7.05. The Hall–Kier alpha value is -2.59. The van der Waals surface area contributed by atoms with Gasteiger partial charge >= 0.3 is 0 Å². The van der Waals surface area contributed by atoms with E-state index in [-0.39, 0.29) is 17.9 Å². The molecule has 0 aromatic carbocycles. The summed E-state index contributed by atoms with van der Waals surface area (Å²) in [4.78, 5) is 27.5. The summed E-state index contributed by atoms with van der Waals surface area (Å²) in [6, 6.07) is 0.222. The second kappa shape index (κ2) is 11.1. The van der Waals surface area contributed by atoms with E-state index in [1.807, 2.05) is 55.1 Å². The lowest BCUT2D eigenvalue weighted by molar-refractivity contribution is -0.908. The van der Waals surface area contributed by atoms with Crippen LogP contribution in [0.3, 0.4) is 0 Å². The van der Waals surface area contributed by atoms with Gasteiger partial charge in [-0.05, 0) is 26.0 Å². The Morgan fingerprint density at radius 1 is 1.32 bits per heavy atom. The van der Waals surface area contributed by atoms with E-state index in [4.69, 9.17) is 9.82 Å². The van der Waals surface area contributed by atoms with Crippen LogP contribution in [0.25, 0.3) is 10.6 Å². The molecule has 2 atom stereocenters. The van der Waals surface area contributed by atoms with Gasteiger partial charge in [0.05, 0.1) is 29.3 Å². The van der Waals surface area contributed by atoms with Crippen LogP contribution >= 0.6 is 22.7 Å². The van der Waals surface area contributed by atoms with E-state index >= 15 is 0 Å². The summed E-state index contributed by atoms with van der Waals surface area (Å²) in [5.74, 6) is 0.182. The molecule has 9 heteroatoms. The fourth-order valence-corrected chi connectivity index (χ4v) is 4.81. The van der Waals surface area contributed by atoms with Gasteiger partial charge in [0.1, 0.15) is 6.04 Å². The molecule has 0 aliphatic heterocycles. The van der Waals surface area contributed by atoms with Gasteiger partial charge in [-0.1, -0.05) is 48.6 Å². The predicted octanol–water partition coefficient (Wildman–Crippen LogP) is 4.03. The van der Waals surface area contributed by atoms with Gasteiger partial charge in [0.25, 0.3) is 0 Å². The molecule has 164 valence electrons. The van der Waals surface area contributed by atoms with E-state index in [9.17, 15) is 4.79 Å². The lowest BCUT2D eigenvalue weighted by Crippen LogP contribution is -2.89. The molecular formula is C22H28N5O2S2+. The van der Waals surface area contributed by atoms with E-state index < -0.39 is 0 Å². The first-order valence-electron chi connectivity index (χ1n) is 10.0. The molecule has 1 aliphatic rings. The fourth-order valence-electron chi connectivity index (χ4n) is 3.07. The summed E-state index contributed by atoms with van der Waals surface area (Å²) in [5.41, 5.74) is 4.65. The number of thiazole rings is 2. The molecule has 0 saturated heterocycles. The molecule has 2 aromatic rings. The Balaban J connectivity index is 1.65. The third-order valence-electron chi connectivity index (χ3n) is 4.74. The predicted molar refractivity (Wildman–Crippen MR) is 128 cm³/mol. The highest BCUT2D eigenvalue weighted by Crippen LogP contribution is 2.35. The Morgan fingerprint density at radius 2 is 2.16 bits per heavy atom. The number of amides is 1. The smallest absolute Gasteiger partial charge is 0.229 e. The van der Waals surface area contributed by atoms with Crippen molar-refractivity contribution < 1.29 is 15.1 Å². The van der Waals surface area contributed by atoms with E-state index in [1.54, 1.807) is 18.4 Å². The highest BCUT2D eigenvalue weighted by Gasteiger charge is 2.25. The zero-order valence-electron chi connectivity index (χ0n) is 18.1. The number of aromatic nitrogens is 2. The Morgan fingerprint density at radius 3 is 2.94 bits per heavy atom. The van der Waals surface area contributed by atoms with Crippen LogP contribution < -0.4 is 16.1 Å². The molecule has 4 N–H and O–H groups in total. The Labute approximate surface area is 190 Å². The highest BCUT2D eigenvalue weighted by molar-refractivity contribution is 7.20. The van der Waals surface area contributed by atoms with Crippen LogP contribution in [0.4, 0.5) is 10.3 Å². The van der Waals surface area contributed by atoms with Crippen molar-refractivity contribution in [3.8, 4) is 10.6 Å². The third-order valence-corrected chi connectivity index (χ3v) is 6.60. The molecule has 0 spiro atoms. The van der Waals surface area contributed by atoms with E-state index in [0.717, 1.165) is 27.1 Å². The van der Waals surface area contributed by atoms with Crippen molar-refractivity contribution in [1.29, 1.82) is 0 Å². The molecule has 3 rings (SSSR count). The first-order valence-corrected chi connectivity index (χ1v) is 11.7. The number of hydrogen-bond acceptors (Lipinski definition) is 7. The zero-order chi connectivity index (χ0) is 22.2. The van der Waals surface area contributed by atoms with Crippen LogP contribution in [-0.2, 0) is 9.63 Å². The van der Waals surface area contributed by atoms with Crippen molar-refractivity contribution in [3.63, 3.8) is 0 Å². The Bertz CT molecular complexity index is 1020. The molecule has 1 amide bonds. The summed E-state index contributed by atoms with van der Waals surface area (Å²) in [7, 11) is 1.67. The van der Waals surface area contributed by atoms with Gasteiger partial charge in [-0.3, -0.25) is 4.79 Å². The molecule has 0 bridgehead atoms. The van der Waals surface area contributed by atoms with Crippen molar-refractivity contribution in [2.45, 2.75) is 33.2 Å². The van der Waals surface area contributed by atoms with Gasteiger partial charge in [-0.15, -0.1) is 11.3 Å². The molecule has 2 aromatic heterocycles. The van der Waals surface area contributed by atoms with E-state index in [2.05, 4.69) is 34.7 Å². The minimum atomic E-state index is -0.0876. The topological polar surface area (TPSA) is 92.8 Å². The number of quaternary nitrogens is 1. The van der Waals surface area contributed by atoms with Gasteiger partial charge in [-0.2, -0.15) is 5.48 Å². The molecule has 0 radical (unpaired) electrons. The van der Waals surface area contributed by atoms with Crippen molar-refractivity contribution in [2.24, 2.45) is 5.92 Å². The fraction of sp³-hybridized carbons (Fsp3) is 0.318. The lowest BCUT2D eigenvalue weighted by atomic mass is 9.94. The molecule has 2 unspecified atom stereocenters. The summed E-state index contributed by atoms with van der Waals surface area (Å²) in [6.45, 7) is 6.03. The number of nitrogens with one attached hydrogen (secondary N) is 2. The van der Waals surface area contributed by atoms with Gasteiger partial charge < -0.3 is 10.6 Å². The van der Waals surface area contributed by atoms with Crippen LogP contribution in [0.1, 0.15) is 26.0 Å². The molecule has 0 fully saturated rings. The summed E-state index contributed by atoms with van der Waals surface area (Å²) < 4.78 is 0. The van der Waals surface area contributed by atoms with Crippen molar-refractivity contribution in [2.75, 3.05) is 17.7 Å². The molecule has 1 aliphatic carbocycles. The van der Waals surface area contributed by atoms with Crippen LogP contribution in [0.2, 0.25) is 0 Å². The minimum absolute atomic E-state index is 0.0876. The number of carbonyl (C=O) groups excluding carboxylic acids is 1. The number of hydrogen-bond donors (Lipinski definition) is 3. The molecular weight excluding hydrogens is 430 g/mol. The van der Waals surface area contributed by atoms with Crippen LogP contribution in [0.15, 0.2) is 53.6 Å². The van der Waals surface area contributed by atoms with E-state index in [1.165, 1.54) is 11.3 Å². The third kappa shape index (κ3) is 6.20. The average Bonchev–Trinajstić information content (AvgIpc) is 3.34. The SMILES string of the molecule is C/C=C\C=C/CC(=O)Nc1nc(C)c(-c2csc(NC3=CC=CC([NH2+]OC)C3C)n2)s1. The number of hydroxylamine groups is 1. The van der Waals surface area contributed by atoms with Gasteiger partial charge in [0.2, 0.25) is 5.91 Å². The number of nitrogens with zero attached hydrogens (tertiary/aromatic N) is 2. The standard InChI is InChI=1S/C22H27N5O2S2/c1-5-6-7-8-12-19(28)26-22-23-15(3)20(31-22)18-13-30-21(25-18)24-16-10-9-11-17(14(16)2)27-29-4/h5-11,13-14,17,27H,12H2,1-4H3,(H,24,25)(H,23,26,28)/p+1/b6-5-,8-7-. The zero-order valence-corrected chi connectivity index (χ0v) is 19.7. The summed E-state index contributed by atoms with van der Waals surface area (Å²) in [6.07, 6.45) is 14.0. The maximum absolute atomic E-state index is 12.1. The van der Waals surface area contributed by atoms with Gasteiger partial charge in [0, 0.05) is 17.5 Å². The average molecular weight is 459 g/mol. The van der Waals surface area contributed by atoms with Crippen molar-refractivity contribution in [3.05, 3.63) is 59.3 Å². The minimum Gasteiger partial charge on any atom is -0.335 e. The number of carbonyl (C=O) groups is 1. The number of rotatable bonds is 9. The largest absolute Gasteiger partial charge is 0.335 e. The van der Waals surface area contributed by atoms with Crippen LogP contribution in [0.5, 0.6) is 0 Å². The molecule has 7 nitrogen and oxygen atoms in total. The monoisotopic (exact) mass is 458 g/mol. The van der Waals surface area contributed by atoms with Crippen LogP contribution in [0, 0.1) is 12.8 Å². The number of anilines is 2. The molecule has 0 saturated carbocycles. The number of allylic oxidation sites excluding steroid dienone is 5. The van der Waals surface area contributed by atoms with Crippen molar-refractivity contribution in [1.82, 2.24) is 9.97 Å². The van der Waals surface area contributed by atoms with E-state index in [0.29, 0.717) is 11.6 Å². The normalized spacial score (nSPS) is 18.6. The maximum Gasteiger partial charge on any atom is 0.229 e. The molecule has 2 heterocycles. The first kappa shape index (κ1) is 23.1. The lowest BCUT2D eigenvalue weighted by Gasteiger charge is -2.23. The maximum atomic E-state index is 12.1. The van der Waals surface area contributed by atoms with Gasteiger partial charge in [0.15, 0.2) is 10.3 Å². The van der Waals surface area contributed by atoms with Crippen LogP contribution in [-0.4, -0.2) is 29.0 Å². The summed E-state index contributed by atoms with van der Waals surface area (Å²) in [5, 5.41) is 9.74. The van der Waals surface area contributed by atoms with Crippen molar-refractivity contribution >= 4 is 38.8 Å². The summed E-state index contributed by atoms with van der Waals surface area (Å²) >= 11 is 2.99. The molecule has 31 heavy (non-hydrogen) atoms. The number of nitrogens with two attached hydrogens (primary N) is 1. The highest BCUT2D eigenvalue weighted by atomic mass is 32.1. The second-order valence-corrected chi connectivity index (χ2v) is 8.90. The van der Waals surface area contributed by atoms with Gasteiger partial charge in [-0.25, -0.2) is 14.8 Å². The number of aryl methyl sites for hydroxylation is 1. The quantitative estimate of drug-likeness (QED) is 0.390. The Kier molecular flexibility index (Phi) is 8.30. The first-order chi connectivity index (χ1) is 15.0.